The zero-order valence-electron chi connectivity index (χ0n) is 26.0. The minimum absolute atomic E-state index is 0.0801. The molecule has 15 heteroatoms. The Morgan fingerprint density at radius 2 is 1.48 bits per heavy atom. The van der Waals surface area contributed by atoms with Crippen LogP contribution < -0.4 is 25.4 Å². The van der Waals surface area contributed by atoms with Gasteiger partial charge >= 0.3 is 12.1 Å². The number of amides is 3. The van der Waals surface area contributed by atoms with Gasteiger partial charge in [0.05, 0.1) is 13.2 Å². The van der Waals surface area contributed by atoms with Crippen LogP contribution in [0.1, 0.15) is 41.4 Å². The van der Waals surface area contributed by atoms with E-state index in [1.165, 1.54) is 69.5 Å². The Kier molecular flexibility index (Phi) is 12.9. The van der Waals surface area contributed by atoms with Crippen molar-refractivity contribution in [2.24, 2.45) is 5.92 Å². The predicted molar refractivity (Wildman–Crippen MR) is 168 cm³/mol. The molecule has 256 valence electrons. The molecule has 0 spiro atoms. The number of Topliss-reactive ketones (excluding diaryl/α,β-unsaturated/α-hetero) is 1. The van der Waals surface area contributed by atoms with Crippen molar-refractivity contribution < 1.29 is 51.7 Å². The van der Waals surface area contributed by atoms with Gasteiger partial charge in [0, 0.05) is 17.0 Å². The summed E-state index contributed by atoms with van der Waals surface area (Å²) >= 11 is 6.12. The zero-order valence-corrected chi connectivity index (χ0v) is 26.7. The average Bonchev–Trinajstić information content (AvgIpc) is 3.04. The van der Waals surface area contributed by atoms with E-state index in [4.69, 9.17) is 26.2 Å². The average molecular weight is 692 g/mol. The Labute approximate surface area is 278 Å². The van der Waals surface area contributed by atoms with Gasteiger partial charge in [-0.15, -0.1) is 0 Å². The second-order valence-corrected chi connectivity index (χ2v) is 11.3. The molecule has 0 aromatic heterocycles. The lowest BCUT2D eigenvalue weighted by molar-refractivity contribution is -0.175. The van der Waals surface area contributed by atoms with Crippen LogP contribution in [-0.2, 0) is 25.6 Å². The fourth-order valence-corrected chi connectivity index (χ4v) is 4.70. The van der Waals surface area contributed by atoms with Crippen LogP contribution in [0.2, 0.25) is 5.02 Å². The molecule has 0 bridgehead atoms. The van der Waals surface area contributed by atoms with E-state index < -0.39 is 66.3 Å². The van der Waals surface area contributed by atoms with Crippen LogP contribution in [0.5, 0.6) is 11.5 Å². The maximum atomic E-state index is 13.8. The molecule has 0 aliphatic rings. The summed E-state index contributed by atoms with van der Waals surface area (Å²) < 4.78 is 50.3. The standard InChI is InChI=1S/C33H33ClF3N3O8/c1-18(2)27(29(43)33(35,36)37)39-32(46)28(20-7-11-23(47-3)12-8-20)40-31(45)25(16-19-5-4-6-22(34)15-19)38-30(44)21-9-13-24(14-10-21)48-17-26(41)42/h4-15,18,25,27-28H,16-17H2,1-3H3,(H,38,44)(H,39,46)(H,40,45)(H,41,42). The Morgan fingerprint density at radius 1 is 0.854 bits per heavy atom. The molecule has 0 radical (unpaired) electrons. The largest absolute Gasteiger partial charge is 0.497 e. The lowest BCUT2D eigenvalue weighted by atomic mass is 9.97. The van der Waals surface area contributed by atoms with Crippen molar-refractivity contribution >= 4 is 41.1 Å². The first-order chi connectivity index (χ1) is 22.6. The molecule has 48 heavy (non-hydrogen) atoms. The van der Waals surface area contributed by atoms with Crippen LogP contribution in [0.3, 0.4) is 0 Å². The Balaban J connectivity index is 1.94. The van der Waals surface area contributed by atoms with E-state index >= 15 is 0 Å². The smallest absolute Gasteiger partial charge is 0.452 e. The highest BCUT2D eigenvalue weighted by Crippen LogP contribution is 2.24. The number of hydrogen-bond donors (Lipinski definition) is 4. The van der Waals surface area contributed by atoms with Crippen molar-refractivity contribution in [1.82, 2.24) is 16.0 Å². The first-order valence-electron chi connectivity index (χ1n) is 14.4. The molecular formula is C33H33ClF3N3O8. The van der Waals surface area contributed by atoms with E-state index in [2.05, 4.69) is 16.0 Å². The molecular weight excluding hydrogens is 659 g/mol. The molecule has 3 rings (SSSR count). The fourth-order valence-electron chi connectivity index (χ4n) is 4.49. The van der Waals surface area contributed by atoms with E-state index in [9.17, 15) is 37.1 Å². The van der Waals surface area contributed by atoms with E-state index in [0.29, 0.717) is 16.3 Å². The molecule has 0 saturated heterocycles. The van der Waals surface area contributed by atoms with E-state index in [1.807, 2.05) is 0 Å². The van der Waals surface area contributed by atoms with Gasteiger partial charge in [0.25, 0.3) is 11.7 Å². The third-order valence-electron chi connectivity index (χ3n) is 6.95. The topological polar surface area (TPSA) is 160 Å². The number of ether oxygens (including phenoxy) is 2. The van der Waals surface area contributed by atoms with Crippen LogP contribution in [-0.4, -0.2) is 66.6 Å². The number of rotatable bonds is 15. The number of carboxylic acid groups (broad SMARTS) is 1. The van der Waals surface area contributed by atoms with Crippen molar-refractivity contribution in [3.63, 3.8) is 0 Å². The lowest BCUT2D eigenvalue weighted by Gasteiger charge is -2.27. The molecule has 11 nitrogen and oxygen atoms in total. The van der Waals surface area contributed by atoms with Crippen molar-refractivity contribution in [3.05, 3.63) is 94.5 Å². The quantitative estimate of drug-likeness (QED) is 0.184. The SMILES string of the molecule is COc1ccc(C(NC(=O)C(Cc2cccc(Cl)c2)NC(=O)c2ccc(OCC(=O)O)cc2)C(=O)NC(C(=O)C(F)(F)F)C(C)C)cc1. The number of carbonyl (C=O) groups is 5. The van der Waals surface area contributed by atoms with Crippen LogP contribution >= 0.6 is 11.6 Å². The van der Waals surface area contributed by atoms with Crippen molar-refractivity contribution in [3.8, 4) is 11.5 Å². The van der Waals surface area contributed by atoms with Gasteiger partial charge in [0.15, 0.2) is 6.61 Å². The first-order valence-corrected chi connectivity index (χ1v) is 14.8. The highest BCUT2D eigenvalue weighted by atomic mass is 35.5. The minimum atomic E-state index is -5.23. The molecule has 3 unspecified atom stereocenters. The number of ketones is 1. The Hall–Kier alpha value is -5.11. The van der Waals surface area contributed by atoms with Gasteiger partial charge in [-0.3, -0.25) is 19.2 Å². The number of methoxy groups -OCH3 is 1. The van der Waals surface area contributed by atoms with Crippen LogP contribution in [0, 0.1) is 5.92 Å². The molecule has 0 saturated carbocycles. The summed E-state index contributed by atoms with van der Waals surface area (Å²) in [6, 6.07) is 12.7. The van der Waals surface area contributed by atoms with Crippen LogP contribution in [0.4, 0.5) is 13.2 Å². The number of carboxylic acids is 1. The van der Waals surface area contributed by atoms with E-state index in [-0.39, 0.29) is 23.3 Å². The summed E-state index contributed by atoms with van der Waals surface area (Å²) in [7, 11) is 1.40. The normalized spacial score (nSPS) is 13.1. The summed E-state index contributed by atoms with van der Waals surface area (Å²) in [5.74, 6) is -6.44. The molecule has 0 heterocycles. The summed E-state index contributed by atoms with van der Waals surface area (Å²) in [5.41, 5.74) is 0.756. The number of alkyl halides is 3. The molecule has 3 aromatic carbocycles. The maximum Gasteiger partial charge on any atom is 0.452 e. The van der Waals surface area contributed by atoms with Crippen LogP contribution in [0.15, 0.2) is 72.8 Å². The summed E-state index contributed by atoms with van der Waals surface area (Å²) in [4.78, 5) is 63.6. The number of halogens is 4. The first kappa shape index (κ1) is 37.3. The van der Waals surface area contributed by atoms with E-state index in [1.54, 1.807) is 24.3 Å². The molecule has 3 atom stereocenters. The summed E-state index contributed by atoms with van der Waals surface area (Å²) in [6.45, 7) is 2.06. The molecule has 4 N–H and O–H groups in total. The van der Waals surface area contributed by atoms with Gasteiger partial charge in [0.2, 0.25) is 11.8 Å². The van der Waals surface area contributed by atoms with E-state index in [0.717, 1.165) is 0 Å². The monoisotopic (exact) mass is 691 g/mol. The van der Waals surface area contributed by atoms with Gasteiger partial charge in [-0.1, -0.05) is 49.7 Å². The van der Waals surface area contributed by atoms with Gasteiger partial charge in [0.1, 0.15) is 23.6 Å². The second-order valence-electron chi connectivity index (χ2n) is 10.9. The van der Waals surface area contributed by atoms with Gasteiger partial charge in [-0.05, 0) is 65.6 Å². The number of benzene rings is 3. The number of nitrogens with one attached hydrogen (secondary N) is 3. The second kappa shape index (κ2) is 16.6. The molecule has 0 fully saturated rings. The predicted octanol–water partition coefficient (Wildman–Crippen LogP) is 4.28. The lowest BCUT2D eigenvalue weighted by Crippen LogP contribution is -2.55. The summed E-state index contributed by atoms with van der Waals surface area (Å²) in [5, 5.41) is 16.4. The molecule has 3 aromatic rings. The van der Waals surface area contributed by atoms with Gasteiger partial charge in [-0.25, -0.2) is 4.79 Å². The maximum absolute atomic E-state index is 13.8. The Bertz CT molecular complexity index is 1620. The molecule has 0 aliphatic heterocycles. The Morgan fingerprint density at radius 3 is 2.02 bits per heavy atom. The van der Waals surface area contributed by atoms with Crippen molar-refractivity contribution in [1.29, 1.82) is 0 Å². The number of carbonyl (C=O) groups excluding carboxylic acids is 4. The fraction of sp³-hybridized carbons (Fsp3) is 0.303. The zero-order chi connectivity index (χ0) is 35.6. The molecule has 3 amide bonds. The van der Waals surface area contributed by atoms with Crippen molar-refractivity contribution in [2.75, 3.05) is 13.7 Å². The van der Waals surface area contributed by atoms with Gasteiger partial charge < -0.3 is 30.5 Å². The highest BCUT2D eigenvalue weighted by molar-refractivity contribution is 6.30. The minimum Gasteiger partial charge on any atom is -0.497 e. The van der Waals surface area contributed by atoms with Crippen molar-refractivity contribution in [2.45, 2.75) is 44.6 Å². The van der Waals surface area contributed by atoms with Gasteiger partial charge in [-0.2, -0.15) is 13.2 Å². The highest BCUT2D eigenvalue weighted by Gasteiger charge is 2.45. The number of aliphatic carboxylic acids is 1. The number of hydrogen-bond acceptors (Lipinski definition) is 7. The third kappa shape index (κ3) is 10.7. The molecule has 0 aliphatic carbocycles. The van der Waals surface area contributed by atoms with Crippen LogP contribution in [0.25, 0.3) is 0 Å². The summed E-state index contributed by atoms with van der Waals surface area (Å²) in [6.07, 6.45) is -5.34. The third-order valence-corrected chi connectivity index (χ3v) is 7.19.